The Morgan fingerprint density at radius 1 is 1.26 bits per heavy atom. The van der Waals surface area contributed by atoms with Crippen LogP contribution in [0.4, 0.5) is 24.8 Å². The van der Waals surface area contributed by atoms with Crippen LogP contribution in [-0.2, 0) is 25.6 Å². The molecule has 3 aromatic rings. The van der Waals surface area contributed by atoms with Crippen LogP contribution in [0.3, 0.4) is 0 Å². The van der Waals surface area contributed by atoms with E-state index in [-0.39, 0.29) is 39.7 Å². The predicted molar refractivity (Wildman–Crippen MR) is 127 cm³/mol. The number of fused-ring (bicyclic) bond motifs is 2. The van der Waals surface area contributed by atoms with Gasteiger partial charge in [0.1, 0.15) is 12.2 Å². The molecule has 5 rings (SSSR count). The third-order valence-electron chi connectivity index (χ3n) is 6.15. The first-order valence-corrected chi connectivity index (χ1v) is 12.1. The largest absolute Gasteiger partial charge is 0.481 e. The summed E-state index contributed by atoms with van der Waals surface area (Å²) in [7, 11) is 2.08. The number of aryl methyl sites for hydroxylation is 1. The molecular weight excluding hydrogens is 479 g/mol. The first-order chi connectivity index (χ1) is 16.7. The molecule has 35 heavy (non-hydrogen) atoms. The smallest absolute Gasteiger partial charge is 0.420 e. The zero-order valence-electron chi connectivity index (χ0n) is 19.3. The van der Waals surface area contributed by atoms with Gasteiger partial charge in [-0.15, -0.1) is 0 Å². The van der Waals surface area contributed by atoms with Crippen LogP contribution >= 0.6 is 11.3 Å². The zero-order chi connectivity index (χ0) is 24.7. The molecule has 0 saturated heterocycles. The highest BCUT2D eigenvalue weighted by molar-refractivity contribution is 7.17. The van der Waals surface area contributed by atoms with Gasteiger partial charge in [0.05, 0.1) is 22.7 Å². The molecule has 2 aliphatic heterocycles. The molecule has 0 unspecified atom stereocenters. The number of nitrogens with zero attached hydrogens (tertiary/aromatic N) is 3. The Morgan fingerprint density at radius 3 is 2.86 bits per heavy atom. The minimum Gasteiger partial charge on any atom is -0.481 e. The quantitative estimate of drug-likeness (QED) is 0.540. The Hall–Kier alpha value is -3.18. The van der Waals surface area contributed by atoms with E-state index in [1.165, 1.54) is 17.2 Å². The number of hydrogen-bond acceptors (Lipinski definition) is 7. The number of rotatable bonds is 4. The number of benzene rings is 1. The summed E-state index contributed by atoms with van der Waals surface area (Å²) in [5.41, 5.74) is 3.24. The summed E-state index contributed by atoms with van der Waals surface area (Å²) in [5.74, 6) is -0.321. The van der Waals surface area contributed by atoms with E-state index < -0.39 is 11.7 Å². The maximum Gasteiger partial charge on any atom is 0.420 e. The molecule has 11 heteroatoms. The Bertz CT molecular complexity index is 1290. The summed E-state index contributed by atoms with van der Waals surface area (Å²) in [6.07, 6.45) is -2.23. The van der Waals surface area contributed by atoms with Crippen molar-refractivity contribution in [2.75, 3.05) is 32.1 Å². The van der Waals surface area contributed by atoms with E-state index in [2.05, 4.69) is 38.6 Å². The van der Waals surface area contributed by atoms with Crippen LogP contribution in [0.15, 0.2) is 24.4 Å². The van der Waals surface area contributed by atoms with Crippen LogP contribution in [0.1, 0.15) is 39.5 Å². The number of alkyl halides is 3. The molecule has 0 aliphatic carbocycles. The minimum atomic E-state index is -4.66. The summed E-state index contributed by atoms with van der Waals surface area (Å²) in [4.78, 5) is 23.0. The molecule has 0 spiro atoms. The number of likely N-dealkylation sites (N-methyl/N-ethyl adjacent to an activating group) is 1. The van der Waals surface area contributed by atoms with Crippen molar-refractivity contribution in [2.45, 2.75) is 32.5 Å². The number of thiophene rings is 1. The van der Waals surface area contributed by atoms with Crippen molar-refractivity contribution < 1.29 is 22.7 Å². The van der Waals surface area contributed by atoms with Gasteiger partial charge in [0.15, 0.2) is 5.06 Å². The highest BCUT2D eigenvalue weighted by Gasteiger charge is 2.37. The molecule has 4 heterocycles. The van der Waals surface area contributed by atoms with E-state index in [0.717, 1.165) is 54.7 Å². The fourth-order valence-corrected chi connectivity index (χ4v) is 5.36. The molecular formula is C24H24F3N5O2S. The minimum absolute atomic E-state index is 0.0598. The number of carbonyl (C=O) groups excluding carboxylic acids is 1. The highest BCUT2D eigenvalue weighted by atomic mass is 32.1. The van der Waals surface area contributed by atoms with E-state index >= 15 is 0 Å². The Balaban J connectivity index is 1.55. The second-order valence-electron chi connectivity index (χ2n) is 8.61. The molecule has 0 radical (unpaired) electrons. The number of amides is 1. The molecule has 2 N–H and O–H groups in total. The number of halogens is 3. The first kappa shape index (κ1) is 23.6. The molecule has 1 amide bonds. The lowest BCUT2D eigenvalue weighted by Crippen LogP contribution is -2.26. The standard InChI is InChI=1S/C24H24F3N5O2S/c1-3-13-8-15-12-32(2)6-4-14(15)9-18(13)30-23-29-11-17(24(25,26)27)20(31-23)19-10-16-21(33)28-5-7-34-22(16)35-19/h8-11H,3-7,12H2,1-2H3,(H,28,33)(H,29,30,31). The van der Waals surface area contributed by atoms with Gasteiger partial charge in [0.2, 0.25) is 5.95 Å². The molecule has 184 valence electrons. The second-order valence-corrected chi connectivity index (χ2v) is 9.63. The fourth-order valence-electron chi connectivity index (χ4n) is 4.33. The van der Waals surface area contributed by atoms with Crippen molar-refractivity contribution >= 4 is 28.9 Å². The number of aromatic nitrogens is 2. The van der Waals surface area contributed by atoms with Crippen LogP contribution in [0.2, 0.25) is 0 Å². The number of carbonyl (C=O) groups is 1. The highest BCUT2D eigenvalue weighted by Crippen LogP contribution is 2.43. The van der Waals surface area contributed by atoms with Gasteiger partial charge in [0, 0.05) is 25.0 Å². The summed E-state index contributed by atoms with van der Waals surface area (Å²) in [6.45, 7) is 4.42. The molecule has 7 nitrogen and oxygen atoms in total. The average Bonchev–Trinajstić information content (AvgIpc) is 3.17. The SMILES string of the molecule is CCc1cc2c(cc1Nc1ncc(C(F)(F)F)c(-c3cc4c(s3)OCCNC4=O)n1)CCN(C)C2. The van der Waals surface area contributed by atoms with Crippen molar-refractivity contribution in [2.24, 2.45) is 0 Å². The predicted octanol–water partition coefficient (Wildman–Crippen LogP) is 4.64. The topological polar surface area (TPSA) is 79.4 Å². The van der Waals surface area contributed by atoms with Crippen LogP contribution < -0.4 is 15.4 Å². The van der Waals surface area contributed by atoms with Crippen molar-refractivity contribution in [1.29, 1.82) is 0 Å². The molecule has 2 aromatic heterocycles. The lowest BCUT2D eigenvalue weighted by atomic mass is 9.95. The second kappa shape index (κ2) is 9.12. The lowest BCUT2D eigenvalue weighted by Gasteiger charge is -2.26. The molecule has 0 atom stereocenters. The number of hydrogen-bond donors (Lipinski definition) is 2. The third kappa shape index (κ3) is 4.70. The Labute approximate surface area is 204 Å². The molecule has 0 fully saturated rings. The van der Waals surface area contributed by atoms with Gasteiger partial charge >= 0.3 is 6.18 Å². The van der Waals surface area contributed by atoms with Crippen molar-refractivity contribution in [3.63, 3.8) is 0 Å². The lowest BCUT2D eigenvalue weighted by molar-refractivity contribution is -0.137. The molecule has 2 aliphatic rings. The van der Waals surface area contributed by atoms with Gasteiger partial charge in [-0.2, -0.15) is 13.2 Å². The van der Waals surface area contributed by atoms with Crippen LogP contribution in [-0.4, -0.2) is 47.5 Å². The van der Waals surface area contributed by atoms with E-state index in [0.29, 0.717) is 6.54 Å². The zero-order valence-corrected chi connectivity index (χ0v) is 20.1. The van der Waals surface area contributed by atoms with Gasteiger partial charge in [-0.1, -0.05) is 24.3 Å². The Morgan fingerprint density at radius 2 is 2.09 bits per heavy atom. The van der Waals surface area contributed by atoms with Crippen LogP contribution in [0, 0.1) is 0 Å². The monoisotopic (exact) mass is 503 g/mol. The van der Waals surface area contributed by atoms with Crippen LogP contribution in [0.5, 0.6) is 5.06 Å². The Kier molecular flexibility index (Phi) is 6.14. The molecule has 1 aromatic carbocycles. The van der Waals surface area contributed by atoms with E-state index in [4.69, 9.17) is 4.74 Å². The third-order valence-corrected chi connectivity index (χ3v) is 7.20. The van der Waals surface area contributed by atoms with E-state index in [9.17, 15) is 18.0 Å². The van der Waals surface area contributed by atoms with Crippen molar-refractivity contribution in [3.05, 3.63) is 52.2 Å². The van der Waals surface area contributed by atoms with Gasteiger partial charge in [-0.05, 0) is 48.7 Å². The normalized spacial score (nSPS) is 16.1. The molecule has 0 bridgehead atoms. The van der Waals surface area contributed by atoms with Gasteiger partial charge < -0.3 is 20.3 Å². The first-order valence-electron chi connectivity index (χ1n) is 11.3. The fraction of sp³-hybridized carbons (Fsp3) is 0.375. The van der Waals surface area contributed by atoms with E-state index in [1.807, 2.05) is 13.0 Å². The summed E-state index contributed by atoms with van der Waals surface area (Å²) in [5, 5.41) is 6.09. The van der Waals surface area contributed by atoms with Gasteiger partial charge in [-0.3, -0.25) is 4.79 Å². The van der Waals surface area contributed by atoms with Crippen molar-refractivity contribution in [1.82, 2.24) is 20.2 Å². The number of nitrogens with one attached hydrogen (secondary N) is 2. The molecule has 0 saturated carbocycles. The number of ether oxygens (including phenoxy) is 1. The average molecular weight is 504 g/mol. The van der Waals surface area contributed by atoms with E-state index in [1.54, 1.807) is 0 Å². The van der Waals surface area contributed by atoms with Crippen molar-refractivity contribution in [3.8, 4) is 15.6 Å². The van der Waals surface area contributed by atoms with Crippen LogP contribution in [0.25, 0.3) is 10.6 Å². The maximum absolute atomic E-state index is 13.8. The summed E-state index contributed by atoms with van der Waals surface area (Å²) in [6, 6.07) is 5.59. The summed E-state index contributed by atoms with van der Waals surface area (Å²) < 4.78 is 47.1. The van der Waals surface area contributed by atoms with Gasteiger partial charge in [0.25, 0.3) is 5.91 Å². The maximum atomic E-state index is 13.8. The summed E-state index contributed by atoms with van der Waals surface area (Å²) >= 11 is 0.971. The van der Waals surface area contributed by atoms with Gasteiger partial charge in [-0.25, -0.2) is 9.97 Å². The number of anilines is 2.